The van der Waals surface area contributed by atoms with E-state index in [9.17, 15) is 9.59 Å². The lowest BCUT2D eigenvalue weighted by Gasteiger charge is -2.12. The first-order chi connectivity index (χ1) is 13.5. The van der Waals surface area contributed by atoms with Crippen LogP contribution in [0.1, 0.15) is 23.2 Å². The van der Waals surface area contributed by atoms with E-state index in [0.29, 0.717) is 22.4 Å². The SMILES string of the molecule is C[C@@H](OC(=O)c1ccc(COc2ccccc2)o1)C(=O)Nc1ccc(Cl)cn1. The van der Waals surface area contributed by atoms with E-state index in [2.05, 4.69) is 10.3 Å². The van der Waals surface area contributed by atoms with Crippen LogP contribution in [0.5, 0.6) is 5.75 Å². The molecule has 0 saturated carbocycles. The van der Waals surface area contributed by atoms with Crippen LogP contribution in [-0.4, -0.2) is 23.0 Å². The molecular weight excluding hydrogens is 384 g/mol. The zero-order valence-electron chi connectivity index (χ0n) is 14.9. The Morgan fingerprint density at radius 3 is 2.64 bits per heavy atom. The Hall–Kier alpha value is -3.32. The van der Waals surface area contributed by atoms with Crippen molar-refractivity contribution in [2.24, 2.45) is 0 Å². The number of nitrogens with one attached hydrogen (secondary N) is 1. The van der Waals surface area contributed by atoms with Crippen LogP contribution >= 0.6 is 11.6 Å². The highest BCUT2D eigenvalue weighted by Crippen LogP contribution is 2.15. The summed E-state index contributed by atoms with van der Waals surface area (Å²) in [5.41, 5.74) is 0. The lowest BCUT2D eigenvalue weighted by molar-refractivity contribution is -0.123. The minimum Gasteiger partial charge on any atom is -0.486 e. The molecule has 1 atom stereocenters. The number of esters is 1. The van der Waals surface area contributed by atoms with Gasteiger partial charge in [0.15, 0.2) is 6.10 Å². The number of rotatable bonds is 7. The third-order valence-electron chi connectivity index (χ3n) is 3.62. The predicted octanol–water partition coefficient (Wildman–Crippen LogP) is 4.09. The summed E-state index contributed by atoms with van der Waals surface area (Å²) in [5, 5.41) is 2.98. The number of hydrogen-bond donors (Lipinski definition) is 1. The van der Waals surface area contributed by atoms with E-state index in [1.54, 1.807) is 18.2 Å². The maximum absolute atomic E-state index is 12.2. The van der Waals surface area contributed by atoms with Crippen LogP contribution in [0.15, 0.2) is 65.2 Å². The van der Waals surface area contributed by atoms with Gasteiger partial charge in [0.1, 0.15) is 23.9 Å². The molecule has 7 nitrogen and oxygen atoms in total. The number of anilines is 1. The van der Waals surface area contributed by atoms with Crippen LogP contribution in [-0.2, 0) is 16.1 Å². The van der Waals surface area contributed by atoms with E-state index < -0.39 is 18.0 Å². The summed E-state index contributed by atoms with van der Waals surface area (Å²) in [5.74, 6) is 0.147. The highest BCUT2D eigenvalue weighted by molar-refractivity contribution is 6.30. The molecule has 3 aromatic rings. The fourth-order valence-corrected chi connectivity index (χ4v) is 2.30. The van der Waals surface area contributed by atoms with Crippen molar-refractivity contribution in [3.05, 3.63) is 77.3 Å². The normalized spacial score (nSPS) is 11.5. The Labute approximate surface area is 166 Å². The standard InChI is InChI=1S/C20H17ClN2O5/c1-13(19(24)23-18-10-7-14(21)11-22-18)27-20(25)17-9-8-16(28-17)12-26-15-5-3-2-4-6-15/h2-11,13H,12H2,1H3,(H,22,23,24)/t13-/m1/s1. The quantitative estimate of drug-likeness (QED) is 0.600. The molecule has 0 saturated heterocycles. The molecule has 0 fully saturated rings. The van der Waals surface area contributed by atoms with E-state index in [1.807, 2.05) is 30.3 Å². The summed E-state index contributed by atoms with van der Waals surface area (Å²) in [7, 11) is 0. The van der Waals surface area contributed by atoms with Gasteiger partial charge in [0.05, 0.1) is 5.02 Å². The van der Waals surface area contributed by atoms with Crippen LogP contribution in [0.25, 0.3) is 0 Å². The second-order valence-electron chi connectivity index (χ2n) is 5.77. The Morgan fingerprint density at radius 2 is 1.93 bits per heavy atom. The molecule has 3 rings (SSSR count). The lowest BCUT2D eigenvalue weighted by atomic mass is 10.3. The number of ether oxygens (including phenoxy) is 2. The molecule has 0 bridgehead atoms. The van der Waals surface area contributed by atoms with Crippen LogP contribution in [0, 0.1) is 0 Å². The summed E-state index contributed by atoms with van der Waals surface area (Å²) in [6.45, 7) is 1.61. The Morgan fingerprint density at radius 1 is 1.14 bits per heavy atom. The van der Waals surface area contributed by atoms with Crippen molar-refractivity contribution in [1.82, 2.24) is 4.98 Å². The monoisotopic (exact) mass is 400 g/mol. The average molecular weight is 401 g/mol. The van der Waals surface area contributed by atoms with Crippen molar-refractivity contribution in [3.8, 4) is 5.75 Å². The number of aromatic nitrogens is 1. The zero-order chi connectivity index (χ0) is 19.9. The van der Waals surface area contributed by atoms with E-state index in [0.717, 1.165) is 0 Å². The first-order valence-electron chi connectivity index (χ1n) is 8.41. The molecule has 28 heavy (non-hydrogen) atoms. The molecule has 8 heteroatoms. The number of hydrogen-bond acceptors (Lipinski definition) is 6. The topological polar surface area (TPSA) is 90.7 Å². The van der Waals surface area contributed by atoms with Crippen molar-refractivity contribution < 1.29 is 23.5 Å². The maximum atomic E-state index is 12.2. The van der Waals surface area contributed by atoms with E-state index in [4.69, 9.17) is 25.5 Å². The van der Waals surface area contributed by atoms with Gasteiger partial charge in [-0.25, -0.2) is 9.78 Å². The van der Waals surface area contributed by atoms with Gasteiger partial charge in [-0.1, -0.05) is 29.8 Å². The highest BCUT2D eigenvalue weighted by atomic mass is 35.5. The third-order valence-corrected chi connectivity index (χ3v) is 3.84. The number of carbonyl (C=O) groups excluding carboxylic acids is 2. The molecule has 0 spiro atoms. The Balaban J connectivity index is 1.51. The number of nitrogens with zero attached hydrogens (tertiary/aromatic N) is 1. The number of para-hydroxylation sites is 1. The molecule has 1 aromatic carbocycles. The number of benzene rings is 1. The summed E-state index contributed by atoms with van der Waals surface area (Å²) in [4.78, 5) is 28.2. The Bertz CT molecular complexity index is 941. The predicted molar refractivity (Wildman–Crippen MR) is 102 cm³/mol. The smallest absolute Gasteiger partial charge is 0.375 e. The molecule has 0 aliphatic heterocycles. The first kappa shape index (κ1) is 19.4. The first-order valence-corrected chi connectivity index (χ1v) is 8.79. The summed E-state index contributed by atoms with van der Waals surface area (Å²) in [6, 6.07) is 15.4. The number of amides is 1. The van der Waals surface area contributed by atoms with Crippen LogP contribution in [0.4, 0.5) is 5.82 Å². The van der Waals surface area contributed by atoms with Crippen molar-refractivity contribution in [2.75, 3.05) is 5.32 Å². The van der Waals surface area contributed by atoms with E-state index in [-0.39, 0.29) is 12.4 Å². The summed E-state index contributed by atoms with van der Waals surface area (Å²) >= 11 is 5.74. The number of furan rings is 1. The molecule has 1 amide bonds. The summed E-state index contributed by atoms with van der Waals surface area (Å²) < 4.78 is 16.1. The van der Waals surface area contributed by atoms with Crippen molar-refractivity contribution in [1.29, 1.82) is 0 Å². The van der Waals surface area contributed by atoms with Gasteiger partial charge in [-0.2, -0.15) is 0 Å². The summed E-state index contributed by atoms with van der Waals surface area (Å²) in [6.07, 6.45) is 0.356. The van der Waals surface area contributed by atoms with Gasteiger partial charge >= 0.3 is 5.97 Å². The Kier molecular flexibility index (Phi) is 6.29. The van der Waals surface area contributed by atoms with Gasteiger partial charge in [-0.15, -0.1) is 0 Å². The van der Waals surface area contributed by atoms with E-state index >= 15 is 0 Å². The van der Waals surface area contributed by atoms with Crippen molar-refractivity contribution in [2.45, 2.75) is 19.6 Å². The van der Waals surface area contributed by atoms with Gasteiger partial charge in [-0.05, 0) is 43.3 Å². The minimum atomic E-state index is -1.04. The second-order valence-corrected chi connectivity index (χ2v) is 6.20. The second kappa shape index (κ2) is 9.05. The van der Waals surface area contributed by atoms with Gasteiger partial charge < -0.3 is 19.2 Å². The van der Waals surface area contributed by atoms with Crippen LogP contribution in [0.3, 0.4) is 0 Å². The van der Waals surface area contributed by atoms with Gasteiger partial charge in [-0.3, -0.25) is 4.79 Å². The fourth-order valence-electron chi connectivity index (χ4n) is 2.19. The molecule has 0 radical (unpaired) electrons. The number of halogens is 1. The van der Waals surface area contributed by atoms with E-state index in [1.165, 1.54) is 19.2 Å². The molecular formula is C20H17ClN2O5. The fraction of sp³-hybridized carbons (Fsp3) is 0.150. The van der Waals surface area contributed by atoms with Gasteiger partial charge in [0.2, 0.25) is 5.76 Å². The average Bonchev–Trinajstić information content (AvgIpc) is 3.18. The van der Waals surface area contributed by atoms with Gasteiger partial charge in [0, 0.05) is 6.20 Å². The molecule has 1 N–H and O–H groups in total. The molecule has 0 aliphatic rings. The van der Waals surface area contributed by atoms with Crippen LogP contribution < -0.4 is 10.1 Å². The lowest BCUT2D eigenvalue weighted by Crippen LogP contribution is -2.30. The number of pyridine rings is 1. The minimum absolute atomic E-state index is 0.0177. The molecule has 0 unspecified atom stereocenters. The third kappa shape index (κ3) is 5.34. The highest BCUT2D eigenvalue weighted by Gasteiger charge is 2.21. The molecule has 2 heterocycles. The molecule has 2 aromatic heterocycles. The number of carbonyl (C=O) groups is 2. The zero-order valence-corrected chi connectivity index (χ0v) is 15.7. The van der Waals surface area contributed by atoms with Crippen LogP contribution in [0.2, 0.25) is 5.02 Å². The molecule has 0 aliphatic carbocycles. The molecule has 144 valence electrons. The van der Waals surface area contributed by atoms with Crippen molar-refractivity contribution in [3.63, 3.8) is 0 Å². The van der Waals surface area contributed by atoms with Gasteiger partial charge in [0.25, 0.3) is 5.91 Å². The maximum Gasteiger partial charge on any atom is 0.375 e. The van der Waals surface area contributed by atoms with Crippen molar-refractivity contribution >= 4 is 29.3 Å². The largest absolute Gasteiger partial charge is 0.486 e.